The van der Waals surface area contributed by atoms with Gasteiger partial charge in [-0.05, 0) is 55.1 Å². The van der Waals surface area contributed by atoms with Crippen molar-refractivity contribution >= 4 is 27.8 Å². The molecule has 0 atom stereocenters. The van der Waals surface area contributed by atoms with Gasteiger partial charge in [0, 0.05) is 16.7 Å². The van der Waals surface area contributed by atoms with Gasteiger partial charge in [-0.3, -0.25) is 9.59 Å². The van der Waals surface area contributed by atoms with E-state index in [4.69, 9.17) is 5.11 Å². The Morgan fingerprint density at radius 1 is 1.50 bits per heavy atom. The molecule has 1 aliphatic carbocycles. The summed E-state index contributed by atoms with van der Waals surface area (Å²) in [4.78, 5) is 23.4. The van der Waals surface area contributed by atoms with Crippen LogP contribution in [0.25, 0.3) is 0 Å². The molecule has 1 aromatic heterocycles. The van der Waals surface area contributed by atoms with Crippen LogP contribution in [0.5, 0.6) is 0 Å². The first-order chi connectivity index (χ1) is 9.33. The second kappa shape index (κ2) is 5.60. The van der Waals surface area contributed by atoms with Gasteiger partial charge in [0.25, 0.3) is 5.91 Å². The summed E-state index contributed by atoms with van der Waals surface area (Å²) in [6.07, 6.45) is 4.28. The van der Waals surface area contributed by atoms with Crippen LogP contribution in [0.2, 0.25) is 0 Å². The maximum absolute atomic E-state index is 12.4. The Morgan fingerprint density at radius 3 is 2.60 bits per heavy atom. The molecule has 0 unspecified atom stereocenters. The van der Waals surface area contributed by atoms with Crippen LogP contribution in [0.4, 0.5) is 0 Å². The number of hydrogen-bond donors (Lipinski definition) is 2. The van der Waals surface area contributed by atoms with Crippen molar-refractivity contribution in [1.29, 1.82) is 0 Å². The largest absolute Gasteiger partial charge is 0.481 e. The zero-order valence-electron chi connectivity index (χ0n) is 11.6. The highest BCUT2D eigenvalue weighted by molar-refractivity contribution is 9.10. The van der Waals surface area contributed by atoms with Gasteiger partial charge in [-0.15, -0.1) is 0 Å². The Hall–Kier alpha value is -1.30. The van der Waals surface area contributed by atoms with E-state index in [0.717, 1.165) is 23.7 Å². The minimum Gasteiger partial charge on any atom is -0.481 e. The van der Waals surface area contributed by atoms with Crippen LogP contribution < -0.4 is 5.32 Å². The summed E-state index contributed by atoms with van der Waals surface area (Å²) in [5.74, 6) is -1.07. The van der Waals surface area contributed by atoms with E-state index >= 15 is 0 Å². The first kappa shape index (κ1) is 15.1. The fourth-order valence-corrected chi connectivity index (χ4v) is 3.04. The lowest BCUT2D eigenvalue weighted by Gasteiger charge is -2.41. The third-order valence-corrected chi connectivity index (χ3v) is 4.22. The molecule has 1 saturated carbocycles. The molecule has 0 bridgehead atoms. The highest BCUT2D eigenvalue weighted by Crippen LogP contribution is 2.35. The van der Waals surface area contributed by atoms with Gasteiger partial charge in [-0.2, -0.15) is 0 Å². The number of nitrogens with one attached hydrogen (secondary N) is 1. The Morgan fingerprint density at radius 2 is 2.15 bits per heavy atom. The van der Waals surface area contributed by atoms with Crippen molar-refractivity contribution in [2.45, 2.75) is 51.1 Å². The number of carbonyl (C=O) groups is 2. The summed E-state index contributed by atoms with van der Waals surface area (Å²) in [7, 11) is 0. The lowest BCUT2D eigenvalue weighted by atomic mass is 9.74. The molecule has 1 aromatic rings. The number of carboxylic acids is 1. The summed E-state index contributed by atoms with van der Waals surface area (Å²) in [6, 6.07) is 1.93. The maximum atomic E-state index is 12.4. The normalized spacial score (nSPS) is 16.8. The molecule has 0 saturated heterocycles. The predicted octanol–water partition coefficient (Wildman–Crippen LogP) is 2.96. The molecule has 1 aliphatic rings. The van der Waals surface area contributed by atoms with Crippen LogP contribution >= 0.6 is 15.9 Å². The topological polar surface area (TPSA) is 71.3 Å². The molecule has 0 aromatic carbocycles. The second-order valence-corrected chi connectivity index (χ2v) is 6.62. The molecule has 1 fully saturated rings. The van der Waals surface area contributed by atoms with Crippen molar-refractivity contribution < 1.29 is 14.7 Å². The quantitative estimate of drug-likeness (QED) is 0.863. The van der Waals surface area contributed by atoms with E-state index in [0.29, 0.717) is 5.69 Å². The van der Waals surface area contributed by atoms with Crippen LogP contribution in [0, 0.1) is 0 Å². The Bertz CT molecular complexity index is 533. The Balaban J connectivity index is 2.17. The summed E-state index contributed by atoms with van der Waals surface area (Å²) >= 11 is 3.38. The van der Waals surface area contributed by atoms with Crippen LogP contribution in [-0.2, 0) is 4.79 Å². The average molecular weight is 343 g/mol. The molecule has 0 spiro atoms. The molecule has 2 N–H and O–H groups in total. The van der Waals surface area contributed by atoms with Crippen molar-refractivity contribution in [3.8, 4) is 0 Å². The summed E-state index contributed by atoms with van der Waals surface area (Å²) in [6.45, 7) is 4.00. The van der Waals surface area contributed by atoms with Crippen molar-refractivity contribution in [3.05, 3.63) is 22.4 Å². The van der Waals surface area contributed by atoms with Gasteiger partial charge in [0.05, 0.1) is 12.0 Å². The molecule has 6 heteroatoms. The van der Waals surface area contributed by atoms with Crippen LogP contribution in [-0.4, -0.2) is 27.1 Å². The van der Waals surface area contributed by atoms with Gasteiger partial charge < -0.3 is 15.0 Å². The van der Waals surface area contributed by atoms with Gasteiger partial charge in [0.2, 0.25) is 0 Å². The fourth-order valence-electron chi connectivity index (χ4n) is 2.60. The number of carbonyl (C=O) groups excluding carboxylic acids is 1. The SMILES string of the molecule is CC(C)n1cc(Br)cc1C(=O)NC1(CC(=O)O)CCC1. The number of aromatic nitrogens is 1. The lowest BCUT2D eigenvalue weighted by molar-refractivity contribution is -0.139. The minimum atomic E-state index is -0.870. The molecule has 1 amide bonds. The molecule has 110 valence electrons. The number of nitrogens with zero attached hydrogens (tertiary/aromatic N) is 1. The molecule has 20 heavy (non-hydrogen) atoms. The van der Waals surface area contributed by atoms with Crippen LogP contribution in [0.1, 0.15) is 56.1 Å². The van der Waals surface area contributed by atoms with Crippen molar-refractivity contribution in [2.24, 2.45) is 0 Å². The highest BCUT2D eigenvalue weighted by Gasteiger charge is 2.40. The van der Waals surface area contributed by atoms with E-state index in [1.54, 1.807) is 6.07 Å². The summed E-state index contributed by atoms with van der Waals surface area (Å²) < 4.78 is 2.73. The standard InChI is InChI=1S/C14H19BrN2O3/c1-9(2)17-8-10(15)6-11(17)13(20)16-14(4-3-5-14)7-12(18)19/h6,8-9H,3-5,7H2,1-2H3,(H,16,20)(H,18,19). The zero-order valence-corrected chi connectivity index (χ0v) is 13.2. The Labute approximate surface area is 126 Å². The fraction of sp³-hybridized carbons (Fsp3) is 0.571. The van der Waals surface area contributed by atoms with Gasteiger partial charge in [0.1, 0.15) is 5.69 Å². The minimum absolute atomic E-state index is 0.0116. The first-order valence-electron chi connectivity index (χ1n) is 6.75. The van der Waals surface area contributed by atoms with Gasteiger partial charge >= 0.3 is 5.97 Å². The number of rotatable bonds is 5. The molecular formula is C14H19BrN2O3. The third-order valence-electron chi connectivity index (χ3n) is 3.78. The number of amides is 1. The first-order valence-corrected chi connectivity index (χ1v) is 7.54. The molecular weight excluding hydrogens is 324 g/mol. The van der Waals surface area contributed by atoms with E-state index in [1.165, 1.54) is 0 Å². The highest BCUT2D eigenvalue weighted by atomic mass is 79.9. The third kappa shape index (κ3) is 3.06. The second-order valence-electron chi connectivity index (χ2n) is 5.70. The number of carboxylic acid groups (broad SMARTS) is 1. The molecule has 2 rings (SSSR count). The predicted molar refractivity (Wildman–Crippen MR) is 78.8 cm³/mol. The van der Waals surface area contributed by atoms with Crippen LogP contribution in [0.15, 0.2) is 16.7 Å². The van der Waals surface area contributed by atoms with E-state index < -0.39 is 11.5 Å². The Kier molecular flexibility index (Phi) is 4.22. The molecule has 0 aliphatic heterocycles. The summed E-state index contributed by atoms with van der Waals surface area (Å²) in [5.41, 5.74) is -0.00915. The van der Waals surface area contributed by atoms with E-state index in [2.05, 4.69) is 21.2 Å². The van der Waals surface area contributed by atoms with Gasteiger partial charge in [-0.1, -0.05) is 0 Å². The van der Waals surface area contributed by atoms with Crippen molar-refractivity contribution in [1.82, 2.24) is 9.88 Å². The van der Waals surface area contributed by atoms with Gasteiger partial charge in [-0.25, -0.2) is 0 Å². The van der Waals surface area contributed by atoms with E-state index in [9.17, 15) is 9.59 Å². The van der Waals surface area contributed by atoms with E-state index in [1.807, 2.05) is 24.6 Å². The monoisotopic (exact) mass is 342 g/mol. The van der Waals surface area contributed by atoms with E-state index in [-0.39, 0.29) is 18.4 Å². The number of halogens is 1. The van der Waals surface area contributed by atoms with Crippen molar-refractivity contribution in [3.63, 3.8) is 0 Å². The van der Waals surface area contributed by atoms with Crippen molar-refractivity contribution in [2.75, 3.05) is 0 Å². The molecule has 5 nitrogen and oxygen atoms in total. The zero-order chi connectivity index (χ0) is 14.9. The number of aliphatic carboxylic acids is 1. The molecule has 1 heterocycles. The lowest BCUT2D eigenvalue weighted by Crippen LogP contribution is -2.55. The smallest absolute Gasteiger partial charge is 0.305 e. The molecule has 0 radical (unpaired) electrons. The van der Waals surface area contributed by atoms with Gasteiger partial charge in [0.15, 0.2) is 0 Å². The number of hydrogen-bond acceptors (Lipinski definition) is 2. The average Bonchev–Trinajstić information content (AvgIpc) is 2.68. The maximum Gasteiger partial charge on any atom is 0.305 e. The summed E-state index contributed by atoms with van der Waals surface area (Å²) in [5, 5.41) is 11.9. The van der Waals surface area contributed by atoms with Crippen LogP contribution in [0.3, 0.4) is 0 Å².